The first kappa shape index (κ1) is 28.7. The Morgan fingerprint density at radius 2 is 1.48 bits per heavy atom. The zero-order valence-corrected chi connectivity index (χ0v) is 24.2. The molecule has 0 N–H and O–H groups in total. The van der Waals surface area contributed by atoms with Gasteiger partial charge in [0.05, 0.1) is 16.7 Å². The van der Waals surface area contributed by atoms with Crippen LogP contribution in [0.1, 0.15) is 72.7 Å². The maximum Gasteiger partial charge on any atom is 0.331 e. The van der Waals surface area contributed by atoms with E-state index >= 15 is 0 Å². The van der Waals surface area contributed by atoms with Gasteiger partial charge in [0, 0.05) is 40.3 Å². The quantitative estimate of drug-likeness (QED) is 0.0707. The van der Waals surface area contributed by atoms with Crippen molar-refractivity contribution < 1.29 is 19.2 Å². The number of para-hydroxylation sites is 2. The number of unbranched alkanes of at least 4 members (excludes halogenated alkanes) is 1. The SMILES string of the molecule is CCCCC(CC)C(=NOC(C)=O)C(=O)c1ccc2c(c1)c1ccccc1n2-c1ccccc1C(=O)c1ccccc1. The molecule has 0 radical (unpaired) electrons. The van der Waals surface area contributed by atoms with Gasteiger partial charge in [-0.05, 0) is 49.2 Å². The molecule has 212 valence electrons. The zero-order chi connectivity index (χ0) is 29.6. The molecule has 1 heterocycles. The molecule has 6 nitrogen and oxygen atoms in total. The van der Waals surface area contributed by atoms with Crippen LogP contribution in [0.4, 0.5) is 0 Å². The van der Waals surface area contributed by atoms with Crippen LogP contribution in [0, 0.1) is 5.92 Å². The van der Waals surface area contributed by atoms with E-state index in [2.05, 4.69) is 16.6 Å². The van der Waals surface area contributed by atoms with Gasteiger partial charge in [-0.1, -0.05) is 92.5 Å². The normalized spacial score (nSPS) is 12.4. The molecule has 0 aliphatic carbocycles. The zero-order valence-electron chi connectivity index (χ0n) is 24.2. The first-order valence-corrected chi connectivity index (χ1v) is 14.5. The molecule has 0 amide bonds. The summed E-state index contributed by atoms with van der Waals surface area (Å²) in [5.41, 5.74) is 4.50. The topological polar surface area (TPSA) is 77.7 Å². The first-order valence-electron chi connectivity index (χ1n) is 14.5. The second-order valence-corrected chi connectivity index (χ2v) is 10.4. The molecule has 0 spiro atoms. The molecule has 0 saturated carbocycles. The third kappa shape index (κ3) is 5.66. The van der Waals surface area contributed by atoms with Crippen molar-refractivity contribution in [3.05, 3.63) is 114 Å². The molecule has 4 aromatic carbocycles. The molecule has 0 fully saturated rings. The van der Waals surface area contributed by atoms with Crippen LogP contribution in [0.15, 0.2) is 102 Å². The lowest BCUT2D eigenvalue weighted by Gasteiger charge is -2.16. The molecule has 42 heavy (non-hydrogen) atoms. The van der Waals surface area contributed by atoms with E-state index in [4.69, 9.17) is 4.84 Å². The number of benzene rings is 4. The maximum absolute atomic E-state index is 13.9. The van der Waals surface area contributed by atoms with E-state index in [9.17, 15) is 14.4 Å². The Morgan fingerprint density at radius 1 is 0.786 bits per heavy atom. The number of Topliss-reactive ketones (excluding diaryl/α,β-unsaturated/α-hetero) is 1. The van der Waals surface area contributed by atoms with Gasteiger partial charge in [0.1, 0.15) is 5.71 Å². The van der Waals surface area contributed by atoms with Gasteiger partial charge in [0.2, 0.25) is 5.78 Å². The van der Waals surface area contributed by atoms with Crippen molar-refractivity contribution >= 4 is 45.1 Å². The Balaban J connectivity index is 1.66. The van der Waals surface area contributed by atoms with Crippen LogP contribution in [0.25, 0.3) is 27.5 Å². The fourth-order valence-electron chi connectivity index (χ4n) is 5.53. The van der Waals surface area contributed by atoms with Crippen molar-refractivity contribution in [3.8, 4) is 5.69 Å². The number of fused-ring (bicyclic) bond motifs is 3. The third-order valence-electron chi connectivity index (χ3n) is 7.65. The van der Waals surface area contributed by atoms with E-state index in [1.165, 1.54) is 6.92 Å². The lowest BCUT2D eigenvalue weighted by molar-refractivity contribution is -0.140. The largest absolute Gasteiger partial charge is 0.331 e. The van der Waals surface area contributed by atoms with Crippen molar-refractivity contribution in [2.75, 3.05) is 0 Å². The number of hydrogen-bond donors (Lipinski definition) is 0. The van der Waals surface area contributed by atoms with E-state index in [1.54, 1.807) is 6.07 Å². The second-order valence-electron chi connectivity index (χ2n) is 10.4. The summed E-state index contributed by atoms with van der Waals surface area (Å²) < 4.78 is 2.08. The first-order chi connectivity index (χ1) is 20.4. The fourth-order valence-corrected chi connectivity index (χ4v) is 5.53. The van der Waals surface area contributed by atoms with Crippen LogP contribution in [-0.2, 0) is 9.63 Å². The molecule has 5 rings (SSSR count). The number of aromatic nitrogens is 1. The van der Waals surface area contributed by atoms with E-state index in [0.717, 1.165) is 46.8 Å². The van der Waals surface area contributed by atoms with Crippen molar-refractivity contribution in [1.82, 2.24) is 4.57 Å². The predicted molar refractivity (Wildman–Crippen MR) is 167 cm³/mol. The number of hydrogen-bond acceptors (Lipinski definition) is 5. The van der Waals surface area contributed by atoms with Crippen LogP contribution >= 0.6 is 0 Å². The van der Waals surface area contributed by atoms with Gasteiger partial charge in [-0.15, -0.1) is 0 Å². The number of oxime groups is 1. The van der Waals surface area contributed by atoms with Crippen molar-refractivity contribution in [2.24, 2.45) is 11.1 Å². The minimum absolute atomic E-state index is 0.0621. The Morgan fingerprint density at radius 3 is 2.21 bits per heavy atom. The van der Waals surface area contributed by atoms with Crippen molar-refractivity contribution in [1.29, 1.82) is 0 Å². The van der Waals surface area contributed by atoms with E-state index in [0.29, 0.717) is 23.1 Å². The van der Waals surface area contributed by atoms with Gasteiger partial charge in [-0.2, -0.15) is 0 Å². The van der Waals surface area contributed by atoms with Crippen LogP contribution in [0.5, 0.6) is 0 Å². The minimum atomic E-state index is -0.562. The molecule has 1 unspecified atom stereocenters. The van der Waals surface area contributed by atoms with Crippen LogP contribution in [0.3, 0.4) is 0 Å². The van der Waals surface area contributed by atoms with Gasteiger partial charge in [0.25, 0.3) is 0 Å². The maximum atomic E-state index is 13.9. The molecule has 5 aromatic rings. The van der Waals surface area contributed by atoms with E-state index in [-0.39, 0.29) is 23.2 Å². The van der Waals surface area contributed by atoms with Gasteiger partial charge in [0.15, 0.2) is 5.78 Å². The third-order valence-corrected chi connectivity index (χ3v) is 7.65. The van der Waals surface area contributed by atoms with Crippen LogP contribution in [0.2, 0.25) is 0 Å². The highest BCUT2D eigenvalue weighted by Gasteiger charge is 2.26. The molecule has 0 saturated heterocycles. The second kappa shape index (κ2) is 12.8. The molecule has 1 aromatic heterocycles. The summed E-state index contributed by atoms with van der Waals surface area (Å²) in [5, 5.41) is 5.89. The standard InChI is InChI=1S/C36H34N2O4/c1-4-6-14-25(5-2)34(37-42-24(3)39)36(41)27-21-22-33-30(23-27)28-17-10-12-19-31(28)38(33)32-20-13-11-18-29(32)35(40)26-15-8-7-9-16-26/h7-13,15-23,25H,4-6,14H2,1-3H3. The summed E-state index contributed by atoms with van der Waals surface area (Å²) >= 11 is 0. The molecule has 0 bridgehead atoms. The fraction of sp³-hybridized carbons (Fsp3) is 0.222. The highest BCUT2D eigenvalue weighted by molar-refractivity contribution is 6.47. The summed E-state index contributed by atoms with van der Waals surface area (Å²) in [4.78, 5) is 44.1. The van der Waals surface area contributed by atoms with Crippen molar-refractivity contribution in [3.63, 3.8) is 0 Å². The van der Waals surface area contributed by atoms with E-state index < -0.39 is 5.97 Å². The van der Waals surface area contributed by atoms with Crippen LogP contribution < -0.4 is 0 Å². The Hall–Kier alpha value is -4.84. The monoisotopic (exact) mass is 558 g/mol. The summed E-state index contributed by atoms with van der Waals surface area (Å²) in [6.45, 7) is 5.40. The smallest absolute Gasteiger partial charge is 0.318 e. The summed E-state index contributed by atoms with van der Waals surface area (Å²) in [7, 11) is 0. The Labute approximate surface area is 245 Å². The Kier molecular flexibility index (Phi) is 8.72. The number of rotatable bonds is 11. The van der Waals surface area contributed by atoms with Gasteiger partial charge >= 0.3 is 5.97 Å². The highest BCUT2D eigenvalue weighted by atomic mass is 16.7. The number of carbonyl (C=O) groups is 3. The average Bonchev–Trinajstić information content (AvgIpc) is 3.36. The summed E-state index contributed by atoms with van der Waals surface area (Å²) in [6.07, 6.45) is 3.43. The molecular weight excluding hydrogens is 524 g/mol. The van der Waals surface area contributed by atoms with Gasteiger partial charge < -0.3 is 9.40 Å². The van der Waals surface area contributed by atoms with E-state index in [1.807, 2.05) is 97.9 Å². The predicted octanol–water partition coefficient (Wildman–Crippen LogP) is 8.33. The minimum Gasteiger partial charge on any atom is -0.318 e. The molecule has 1 atom stereocenters. The average molecular weight is 559 g/mol. The molecule has 0 aliphatic heterocycles. The van der Waals surface area contributed by atoms with Gasteiger partial charge in [-0.3, -0.25) is 9.59 Å². The lowest BCUT2D eigenvalue weighted by Crippen LogP contribution is -2.25. The molecular formula is C36H34N2O4. The number of nitrogens with zero attached hydrogens (tertiary/aromatic N) is 2. The Bertz CT molecular complexity index is 1800. The number of carbonyl (C=O) groups excluding carboxylic acids is 3. The summed E-state index contributed by atoms with van der Waals surface area (Å²) in [6, 6.07) is 30.4. The highest BCUT2D eigenvalue weighted by Crippen LogP contribution is 2.34. The van der Waals surface area contributed by atoms with Crippen LogP contribution in [-0.4, -0.2) is 27.8 Å². The van der Waals surface area contributed by atoms with Gasteiger partial charge in [-0.25, -0.2) is 4.79 Å². The van der Waals surface area contributed by atoms with Crippen molar-refractivity contribution in [2.45, 2.75) is 46.5 Å². The lowest BCUT2D eigenvalue weighted by atomic mass is 9.89. The molecule has 6 heteroatoms. The molecule has 0 aliphatic rings. The number of ketones is 2. The summed E-state index contributed by atoms with van der Waals surface area (Å²) in [5.74, 6) is -0.997.